The van der Waals surface area contributed by atoms with Crippen LogP contribution in [0.25, 0.3) is 0 Å². The zero-order chi connectivity index (χ0) is 18.1. The lowest BCUT2D eigenvalue weighted by Gasteiger charge is -2.36. The number of nitrogens with one attached hydrogen (secondary N) is 1. The summed E-state index contributed by atoms with van der Waals surface area (Å²) in [4.78, 5) is 2.44. The number of aliphatic hydroxyl groups is 1. The molecule has 2 heterocycles. The number of halogens is 2. The van der Waals surface area contributed by atoms with Gasteiger partial charge in [-0.1, -0.05) is 12.1 Å². The summed E-state index contributed by atoms with van der Waals surface area (Å²) in [5, 5.41) is 14.0. The number of benzene rings is 1. The van der Waals surface area contributed by atoms with Crippen LogP contribution >= 0.6 is 24.8 Å². The van der Waals surface area contributed by atoms with Crippen LogP contribution in [0.5, 0.6) is 5.75 Å². The first kappa shape index (κ1) is 23.7. The molecular weight excluding hydrogens is 399 g/mol. The first-order valence-corrected chi connectivity index (χ1v) is 10.1. The van der Waals surface area contributed by atoms with Gasteiger partial charge in [0.15, 0.2) is 0 Å². The number of aliphatic hydroxyl groups excluding tert-OH is 1. The summed E-state index contributed by atoms with van der Waals surface area (Å²) in [6.45, 7) is 11.0. The van der Waals surface area contributed by atoms with E-state index >= 15 is 0 Å². The van der Waals surface area contributed by atoms with Gasteiger partial charge in [-0.2, -0.15) is 0 Å². The molecule has 2 N–H and O–H groups in total. The van der Waals surface area contributed by atoms with Crippen molar-refractivity contribution in [3.8, 4) is 5.75 Å². The van der Waals surface area contributed by atoms with Crippen LogP contribution in [0.3, 0.4) is 0 Å². The van der Waals surface area contributed by atoms with Gasteiger partial charge in [-0.15, -0.1) is 24.8 Å². The predicted octanol–water partition coefficient (Wildman–Crippen LogP) is 2.72. The minimum atomic E-state index is -0.358. The van der Waals surface area contributed by atoms with Crippen molar-refractivity contribution in [3.63, 3.8) is 0 Å². The maximum Gasteiger partial charge on any atom is 0.125 e. The summed E-state index contributed by atoms with van der Waals surface area (Å²) < 4.78 is 11.8. The summed E-state index contributed by atoms with van der Waals surface area (Å²) in [5.41, 5.74) is 3.68. The Hall–Kier alpha value is -0.560. The van der Waals surface area contributed by atoms with E-state index in [2.05, 4.69) is 36.2 Å². The molecule has 1 aromatic carbocycles. The third kappa shape index (κ3) is 5.32. The second kappa shape index (κ2) is 10.5. The van der Waals surface area contributed by atoms with Crippen LogP contribution in [0.2, 0.25) is 0 Å². The van der Waals surface area contributed by atoms with E-state index in [0.717, 1.165) is 64.5 Å². The van der Waals surface area contributed by atoms with Crippen LogP contribution in [0.1, 0.15) is 29.5 Å². The minimum Gasteiger partial charge on any atom is -0.487 e. The van der Waals surface area contributed by atoms with E-state index in [1.54, 1.807) is 0 Å². The second-order valence-corrected chi connectivity index (χ2v) is 8.32. The Labute approximate surface area is 181 Å². The van der Waals surface area contributed by atoms with Gasteiger partial charge in [0.25, 0.3) is 0 Å². The van der Waals surface area contributed by atoms with E-state index < -0.39 is 0 Å². The van der Waals surface area contributed by atoms with Gasteiger partial charge in [0.05, 0.1) is 19.3 Å². The monoisotopic (exact) mass is 432 g/mol. The van der Waals surface area contributed by atoms with E-state index in [0.29, 0.717) is 11.8 Å². The third-order valence-corrected chi connectivity index (χ3v) is 6.29. The van der Waals surface area contributed by atoms with Crippen molar-refractivity contribution in [2.24, 2.45) is 11.8 Å². The van der Waals surface area contributed by atoms with Gasteiger partial charge in [-0.3, -0.25) is 4.90 Å². The highest BCUT2D eigenvalue weighted by Gasteiger charge is 2.40. The molecule has 2 aliphatic heterocycles. The van der Waals surface area contributed by atoms with Crippen molar-refractivity contribution < 1.29 is 14.6 Å². The molecule has 3 aliphatic rings. The average Bonchev–Trinajstić information content (AvgIpc) is 3.06. The Morgan fingerprint density at radius 2 is 1.68 bits per heavy atom. The molecule has 0 amide bonds. The molecule has 160 valence electrons. The lowest BCUT2D eigenvalue weighted by atomic mass is 9.78. The normalized spacial score (nSPS) is 30.1. The molecule has 0 bridgehead atoms. The summed E-state index contributed by atoms with van der Waals surface area (Å²) in [5.74, 6) is 2.22. The second-order valence-electron chi connectivity index (χ2n) is 8.32. The SMILES string of the molecule is Cc1cc(CN2CCOCC2)cc(C)c1O[C@@H]1C[C@@H]2CNC[C@@H]2C[C@H]1O.Cl.Cl. The summed E-state index contributed by atoms with van der Waals surface area (Å²) >= 11 is 0. The van der Waals surface area contributed by atoms with Gasteiger partial charge in [-0.25, -0.2) is 0 Å². The highest BCUT2D eigenvalue weighted by atomic mass is 35.5. The van der Waals surface area contributed by atoms with Crippen LogP contribution in [0.15, 0.2) is 12.1 Å². The quantitative estimate of drug-likeness (QED) is 0.765. The number of rotatable bonds is 4. The summed E-state index contributed by atoms with van der Waals surface area (Å²) in [7, 11) is 0. The van der Waals surface area contributed by atoms with Crippen molar-refractivity contribution in [2.45, 2.75) is 45.4 Å². The fraction of sp³-hybridized carbons (Fsp3) is 0.714. The highest BCUT2D eigenvalue weighted by molar-refractivity contribution is 5.85. The van der Waals surface area contributed by atoms with Gasteiger partial charge in [0.2, 0.25) is 0 Å². The zero-order valence-electron chi connectivity index (χ0n) is 16.9. The lowest BCUT2D eigenvalue weighted by Crippen LogP contribution is -2.42. The Kier molecular flexibility index (Phi) is 8.86. The van der Waals surface area contributed by atoms with Crippen LogP contribution < -0.4 is 10.1 Å². The number of fused-ring (bicyclic) bond motifs is 1. The van der Waals surface area contributed by atoms with E-state index in [9.17, 15) is 5.11 Å². The lowest BCUT2D eigenvalue weighted by molar-refractivity contribution is -0.0237. The van der Waals surface area contributed by atoms with Gasteiger partial charge in [0.1, 0.15) is 11.9 Å². The molecule has 28 heavy (non-hydrogen) atoms. The van der Waals surface area contributed by atoms with Crippen LogP contribution in [-0.4, -0.2) is 61.6 Å². The first-order chi connectivity index (χ1) is 12.6. The molecule has 0 unspecified atom stereocenters. The fourth-order valence-corrected chi connectivity index (χ4v) is 4.87. The van der Waals surface area contributed by atoms with Gasteiger partial charge in [-0.05, 0) is 68.3 Å². The van der Waals surface area contributed by atoms with E-state index in [1.807, 2.05) is 0 Å². The van der Waals surface area contributed by atoms with Crippen molar-refractivity contribution in [1.82, 2.24) is 10.2 Å². The van der Waals surface area contributed by atoms with E-state index in [1.165, 1.54) is 16.7 Å². The van der Waals surface area contributed by atoms with Gasteiger partial charge >= 0.3 is 0 Å². The summed E-state index contributed by atoms with van der Waals surface area (Å²) in [6, 6.07) is 4.49. The average molecular weight is 433 g/mol. The molecule has 2 saturated heterocycles. The van der Waals surface area contributed by atoms with Crippen LogP contribution in [0, 0.1) is 25.7 Å². The molecule has 3 fully saturated rings. The number of ether oxygens (including phenoxy) is 2. The topological polar surface area (TPSA) is 54.0 Å². The molecule has 0 aromatic heterocycles. The van der Waals surface area contributed by atoms with Crippen molar-refractivity contribution in [2.75, 3.05) is 39.4 Å². The zero-order valence-corrected chi connectivity index (χ0v) is 18.5. The highest BCUT2D eigenvalue weighted by Crippen LogP contribution is 2.36. The molecule has 1 aliphatic carbocycles. The molecule has 4 atom stereocenters. The number of nitrogens with zero attached hydrogens (tertiary/aromatic N) is 1. The third-order valence-electron chi connectivity index (χ3n) is 6.29. The molecular formula is C21H34Cl2N2O3. The van der Waals surface area contributed by atoms with Crippen LogP contribution in [-0.2, 0) is 11.3 Å². The number of morpholine rings is 1. The number of hydrogen-bond acceptors (Lipinski definition) is 5. The first-order valence-electron chi connectivity index (χ1n) is 10.1. The van der Waals surface area contributed by atoms with Crippen molar-refractivity contribution in [1.29, 1.82) is 0 Å². The Bertz CT molecular complexity index is 617. The standard InChI is InChI=1S/C21H32N2O3.2ClH/c1-14-7-16(13-23-3-5-25-6-4-23)8-15(2)21(14)26-20-10-18-12-22-11-17(18)9-19(20)24;;/h7-8,17-20,22,24H,3-6,9-13H2,1-2H3;2*1H/t17-,18+,19+,20+;;/m0../s1. The number of aryl methyl sites for hydroxylation is 2. The molecule has 5 nitrogen and oxygen atoms in total. The van der Waals surface area contributed by atoms with Gasteiger partial charge < -0.3 is 19.9 Å². The molecule has 7 heteroatoms. The minimum absolute atomic E-state index is 0. The maximum atomic E-state index is 10.6. The smallest absolute Gasteiger partial charge is 0.125 e. The fourth-order valence-electron chi connectivity index (χ4n) is 4.87. The Morgan fingerprint density at radius 3 is 2.32 bits per heavy atom. The largest absolute Gasteiger partial charge is 0.487 e. The van der Waals surface area contributed by atoms with Crippen molar-refractivity contribution in [3.05, 3.63) is 28.8 Å². The summed E-state index contributed by atoms with van der Waals surface area (Å²) in [6.07, 6.45) is 1.37. The Morgan fingerprint density at radius 1 is 1.07 bits per heavy atom. The van der Waals surface area contributed by atoms with E-state index in [4.69, 9.17) is 9.47 Å². The molecule has 1 aromatic rings. The number of hydrogen-bond donors (Lipinski definition) is 2. The molecule has 0 radical (unpaired) electrons. The van der Waals surface area contributed by atoms with Crippen LogP contribution in [0.4, 0.5) is 0 Å². The van der Waals surface area contributed by atoms with Crippen molar-refractivity contribution >= 4 is 24.8 Å². The molecule has 4 rings (SSSR count). The predicted molar refractivity (Wildman–Crippen MR) is 116 cm³/mol. The molecule has 0 spiro atoms. The van der Waals surface area contributed by atoms with Gasteiger partial charge in [0, 0.05) is 19.6 Å². The van der Waals surface area contributed by atoms with E-state index in [-0.39, 0.29) is 37.0 Å². The maximum absolute atomic E-state index is 10.6. The molecule has 1 saturated carbocycles. The Balaban J connectivity index is 0.00000140.